The summed E-state index contributed by atoms with van der Waals surface area (Å²) in [5, 5.41) is 0.394. The topological polar surface area (TPSA) is 42.0 Å². The second-order valence-corrected chi connectivity index (χ2v) is 6.55. The molecule has 2 rings (SSSR count). The Morgan fingerprint density at radius 2 is 2.09 bits per heavy atom. The van der Waals surface area contributed by atoms with Crippen LogP contribution in [0.15, 0.2) is 12.1 Å². The van der Waals surface area contributed by atoms with E-state index < -0.39 is 0 Å². The summed E-state index contributed by atoms with van der Waals surface area (Å²) < 4.78 is 10.8. The quantitative estimate of drug-likeness (QED) is 0.826. The molecule has 0 spiro atoms. The van der Waals surface area contributed by atoms with Gasteiger partial charge in [0, 0.05) is 24.7 Å². The molecule has 5 nitrogen and oxygen atoms in total. The number of carbonyl (C=O) groups is 1. The van der Waals surface area contributed by atoms with Gasteiger partial charge >= 0.3 is 0 Å². The number of amides is 1. The number of benzene rings is 1. The van der Waals surface area contributed by atoms with Gasteiger partial charge in [-0.05, 0) is 39.1 Å². The molecule has 0 N–H and O–H groups in total. The van der Waals surface area contributed by atoms with E-state index in [9.17, 15) is 4.79 Å². The van der Waals surface area contributed by atoms with Gasteiger partial charge in [0.15, 0.2) is 11.5 Å². The minimum absolute atomic E-state index is 0.0237. The Bertz CT molecular complexity index is 577. The highest BCUT2D eigenvalue weighted by Gasteiger charge is 2.34. The number of hydrogen-bond acceptors (Lipinski definition) is 4. The van der Waals surface area contributed by atoms with Crippen LogP contribution in [0.5, 0.6) is 11.5 Å². The largest absolute Gasteiger partial charge is 0.493 e. The first-order valence-electron chi connectivity index (χ1n) is 7.85. The van der Waals surface area contributed by atoms with Gasteiger partial charge in [-0.3, -0.25) is 4.79 Å². The van der Waals surface area contributed by atoms with Crippen molar-refractivity contribution in [1.29, 1.82) is 0 Å². The third-order valence-electron chi connectivity index (χ3n) is 4.29. The zero-order chi connectivity index (χ0) is 17.1. The number of likely N-dealkylation sites (tertiary alicyclic amines) is 1. The van der Waals surface area contributed by atoms with Crippen LogP contribution in [0, 0.1) is 5.92 Å². The van der Waals surface area contributed by atoms with Crippen molar-refractivity contribution in [1.82, 2.24) is 9.80 Å². The lowest BCUT2D eigenvalue weighted by molar-refractivity contribution is 0.0781. The maximum absolute atomic E-state index is 12.8. The van der Waals surface area contributed by atoms with Crippen molar-refractivity contribution in [2.24, 2.45) is 5.92 Å². The van der Waals surface area contributed by atoms with Gasteiger partial charge in [0.2, 0.25) is 0 Å². The highest BCUT2D eigenvalue weighted by Crippen LogP contribution is 2.37. The first-order chi connectivity index (χ1) is 10.9. The SMILES string of the molecule is CCOc1c(Cl)cc(C(=O)N2C[C@@H](N(C)C)[C@@H](C)C2)cc1OC. The fourth-order valence-electron chi connectivity index (χ4n) is 3.10. The molecule has 1 amide bonds. The molecular formula is C17H25ClN2O3. The monoisotopic (exact) mass is 340 g/mol. The van der Waals surface area contributed by atoms with Crippen LogP contribution < -0.4 is 9.47 Å². The molecule has 1 aliphatic rings. The molecule has 1 aliphatic heterocycles. The van der Waals surface area contributed by atoms with Crippen molar-refractivity contribution in [2.45, 2.75) is 19.9 Å². The third-order valence-corrected chi connectivity index (χ3v) is 4.57. The van der Waals surface area contributed by atoms with Gasteiger partial charge in [0.05, 0.1) is 18.7 Å². The summed E-state index contributed by atoms with van der Waals surface area (Å²) in [6.07, 6.45) is 0. The molecule has 2 atom stereocenters. The van der Waals surface area contributed by atoms with Gasteiger partial charge in [0.25, 0.3) is 5.91 Å². The van der Waals surface area contributed by atoms with Crippen LogP contribution >= 0.6 is 11.6 Å². The number of hydrogen-bond donors (Lipinski definition) is 0. The van der Waals surface area contributed by atoms with Crippen molar-refractivity contribution in [3.05, 3.63) is 22.7 Å². The van der Waals surface area contributed by atoms with Gasteiger partial charge in [-0.25, -0.2) is 0 Å². The molecule has 23 heavy (non-hydrogen) atoms. The summed E-state index contributed by atoms with van der Waals surface area (Å²) in [7, 11) is 5.64. The Balaban J connectivity index is 2.25. The van der Waals surface area contributed by atoms with Crippen LogP contribution in [0.25, 0.3) is 0 Å². The fourth-order valence-corrected chi connectivity index (χ4v) is 3.36. The van der Waals surface area contributed by atoms with E-state index >= 15 is 0 Å². The molecule has 128 valence electrons. The zero-order valence-electron chi connectivity index (χ0n) is 14.4. The maximum Gasteiger partial charge on any atom is 0.254 e. The Hall–Kier alpha value is -1.46. The summed E-state index contributed by atoms with van der Waals surface area (Å²) >= 11 is 6.27. The van der Waals surface area contributed by atoms with Crippen molar-refractivity contribution in [3.63, 3.8) is 0 Å². The molecular weight excluding hydrogens is 316 g/mol. The second-order valence-electron chi connectivity index (χ2n) is 6.14. The van der Waals surface area contributed by atoms with Crippen LogP contribution in [-0.2, 0) is 0 Å². The highest BCUT2D eigenvalue weighted by molar-refractivity contribution is 6.32. The van der Waals surface area contributed by atoms with E-state index in [1.54, 1.807) is 19.2 Å². The average Bonchev–Trinajstić information content (AvgIpc) is 2.90. The molecule has 1 aromatic rings. The maximum atomic E-state index is 12.8. The smallest absolute Gasteiger partial charge is 0.254 e. The van der Waals surface area contributed by atoms with E-state index in [1.807, 2.05) is 25.9 Å². The Morgan fingerprint density at radius 3 is 2.61 bits per heavy atom. The number of carbonyl (C=O) groups excluding carboxylic acids is 1. The predicted octanol–water partition coefficient (Wildman–Crippen LogP) is 2.77. The Labute approximate surface area is 143 Å². The molecule has 0 unspecified atom stereocenters. The Kier molecular flexibility index (Phi) is 5.76. The molecule has 1 heterocycles. The van der Waals surface area contributed by atoms with Crippen molar-refractivity contribution in [2.75, 3.05) is 40.9 Å². The van der Waals surface area contributed by atoms with Gasteiger partial charge in [-0.1, -0.05) is 18.5 Å². The molecule has 1 aromatic carbocycles. The fraction of sp³-hybridized carbons (Fsp3) is 0.588. The normalized spacial score (nSPS) is 20.9. The molecule has 0 bridgehead atoms. The summed E-state index contributed by atoms with van der Waals surface area (Å²) in [5.41, 5.74) is 0.530. The number of ether oxygens (including phenoxy) is 2. The van der Waals surface area contributed by atoms with E-state index in [4.69, 9.17) is 21.1 Å². The van der Waals surface area contributed by atoms with Crippen LogP contribution in [0.2, 0.25) is 5.02 Å². The summed E-state index contributed by atoms with van der Waals surface area (Å²) in [6.45, 7) is 6.00. The number of likely N-dealkylation sites (N-methyl/N-ethyl adjacent to an activating group) is 1. The van der Waals surface area contributed by atoms with E-state index in [0.29, 0.717) is 40.7 Å². The lowest BCUT2D eigenvalue weighted by Crippen LogP contribution is -2.35. The minimum Gasteiger partial charge on any atom is -0.493 e. The van der Waals surface area contributed by atoms with Crippen LogP contribution in [0.4, 0.5) is 0 Å². The lowest BCUT2D eigenvalue weighted by Gasteiger charge is -2.22. The summed E-state index contributed by atoms with van der Waals surface area (Å²) in [4.78, 5) is 16.8. The summed E-state index contributed by atoms with van der Waals surface area (Å²) in [6, 6.07) is 3.73. The van der Waals surface area contributed by atoms with Gasteiger partial charge in [0.1, 0.15) is 0 Å². The minimum atomic E-state index is -0.0237. The number of methoxy groups -OCH3 is 1. The highest BCUT2D eigenvalue weighted by atomic mass is 35.5. The van der Waals surface area contributed by atoms with E-state index in [2.05, 4.69) is 11.8 Å². The first kappa shape index (κ1) is 17.9. The first-order valence-corrected chi connectivity index (χ1v) is 8.22. The molecule has 6 heteroatoms. The van der Waals surface area contributed by atoms with Gasteiger partial charge < -0.3 is 19.3 Å². The van der Waals surface area contributed by atoms with Crippen molar-refractivity contribution < 1.29 is 14.3 Å². The van der Waals surface area contributed by atoms with Crippen molar-refractivity contribution >= 4 is 17.5 Å². The van der Waals surface area contributed by atoms with Crippen LogP contribution in [-0.4, -0.2) is 62.7 Å². The molecule has 0 aliphatic carbocycles. The van der Waals surface area contributed by atoms with E-state index in [1.165, 1.54) is 0 Å². The van der Waals surface area contributed by atoms with Crippen LogP contribution in [0.1, 0.15) is 24.2 Å². The van der Waals surface area contributed by atoms with Gasteiger partial charge in [-0.2, -0.15) is 0 Å². The number of rotatable bonds is 5. The molecule has 0 aromatic heterocycles. The summed E-state index contributed by atoms with van der Waals surface area (Å²) in [5.74, 6) is 1.38. The van der Waals surface area contributed by atoms with Crippen molar-refractivity contribution in [3.8, 4) is 11.5 Å². The van der Waals surface area contributed by atoms with E-state index in [0.717, 1.165) is 13.1 Å². The standard InChI is InChI=1S/C17H25ClN2O3/c1-6-23-16-13(18)7-12(8-15(16)22-5)17(21)20-9-11(2)14(10-20)19(3)4/h7-8,11,14H,6,9-10H2,1-5H3/t11-,14+/m0/s1. The predicted molar refractivity (Wildman–Crippen MR) is 91.7 cm³/mol. The average molecular weight is 341 g/mol. The number of halogens is 1. The molecule has 1 saturated heterocycles. The van der Waals surface area contributed by atoms with Crippen LogP contribution in [0.3, 0.4) is 0 Å². The zero-order valence-corrected chi connectivity index (χ0v) is 15.2. The Morgan fingerprint density at radius 1 is 1.39 bits per heavy atom. The van der Waals surface area contributed by atoms with E-state index in [-0.39, 0.29) is 5.91 Å². The lowest BCUT2D eigenvalue weighted by atomic mass is 10.1. The number of nitrogens with zero attached hydrogens (tertiary/aromatic N) is 2. The molecule has 1 fully saturated rings. The molecule has 0 radical (unpaired) electrons. The third kappa shape index (κ3) is 3.72. The second kappa shape index (κ2) is 7.41. The van der Waals surface area contributed by atoms with Gasteiger partial charge in [-0.15, -0.1) is 0 Å². The molecule has 0 saturated carbocycles.